The van der Waals surface area contributed by atoms with Crippen LogP contribution in [0.1, 0.15) is 69.3 Å². The number of halogens is 2. The third-order valence-corrected chi connectivity index (χ3v) is 9.76. The summed E-state index contributed by atoms with van der Waals surface area (Å²) < 4.78 is 36.7. The Bertz CT molecular complexity index is 2020. The maximum absolute atomic E-state index is 14.2. The van der Waals surface area contributed by atoms with Crippen LogP contribution >= 0.6 is 0 Å². The van der Waals surface area contributed by atoms with Gasteiger partial charge in [-0.15, -0.1) is 0 Å². The van der Waals surface area contributed by atoms with Crippen molar-refractivity contribution >= 4 is 40.9 Å². The van der Waals surface area contributed by atoms with Gasteiger partial charge in [-0.3, -0.25) is 29.3 Å². The Morgan fingerprint density at radius 2 is 1.84 bits per heavy atom. The van der Waals surface area contributed by atoms with Gasteiger partial charge in [0.05, 0.1) is 44.2 Å². The zero-order valence-corrected chi connectivity index (χ0v) is 27.5. The molecule has 8 rings (SSSR count). The zero-order chi connectivity index (χ0) is 35.2. The molecule has 4 aromatic rings. The average Bonchev–Trinajstić information content (AvgIpc) is 3.84. The number of piperidine rings is 1. The van der Waals surface area contributed by atoms with Crippen LogP contribution in [0.3, 0.4) is 0 Å². The second kappa shape index (κ2) is 13.3. The first-order chi connectivity index (χ1) is 24.7. The smallest absolute Gasteiger partial charge is 0.342 e. The highest BCUT2D eigenvalue weighted by atomic mass is 19.3. The maximum Gasteiger partial charge on any atom is 0.342 e. The van der Waals surface area contributed by atoms with Crippen LogP contribution in [0.4, 0.5) is 25.1 Å². The molecule has 18 heteroatoms. The molecule has 0 atom stereocenters. The Labute approximate surface area is 289 Å². The first-order valence-electron chi connectivity index (χ1n) is 16.8. The summed E-state index contributed by atoms with van der Waals surface area (Å²) in [6.07, 6.45) is 3.09. The molecular formula is C33H35F2N11O5. The number of benzene rings is 1. The van der Waals surface area contributed by atoms with Crippen LogP contribution < -0.4 is 15.5 Å². The summed E-state index contributed by atoms with van der Waals surface area (Å²) in [4.78, 5) is 59.2. The molecule has 0 radical (unpaired) electrons. The number of carbonyl (C=O) groups is 4. The van der Waals surface area contributed by atoms with E-state index >= 15 is 0 Å². The normalized spacial score (nSPS) is 19.0. The number of aromatic nitrogens is 5. The van der Waals surface area contributed by atoms with E-state index in [0.29, 0.717) is 75.8 Å². The molecule has 0 unspecified atom stereocenters. The molecule has 0 saturated carbocycles. The highest BCUT2D eigenvalue weighted by Gasteiger charge is 2.37. The number of nitrogens with zero attached hydrogens (tertiary/aromatic N) is 9. The van der Waals surface area contributed by atoms with Crippen LogP contribution in [-0.2, 0) is 22.6 Å². The van der Waals surface area contributed by atoms with Gasteiger partial charge in [0.2, 0.25) is 5.91 Å². The van der Waals surface area contributed by atoms with Crippen molar-refractivity contribution in [2.24, 2.45) is 0 Å². The van der Waals surface area contributed by atoms with Gasteiger partial charge in [-0.25, -0.2) is 33.1 Å². The molecule has 7 heterocycles. The van der Waals surface area contributed by atoms with Gasteiger partial charge in [-0.1, -0.05) is 12.1 Å². The quantitative estimate of drug-likeness (QED) is 0.279. The van der Waals surface area contributed by atoms with Crippen molar-refractivity contribution in [3.05, 3.63) is 70.8 Å². The van der Waals surface area contributed by atoms with Crippen molar-refractivity contribution in [1.29, 1.82) is 0 Å². The molecule has 0 spiro atoms. The van der Waals surface area contributed by atoms with E-state index in [4.69, 9.17) is 4.74 Å². The third-order valence-electron chi connectivity index (χ3n) is 9.76. The number of hydrogen-bond acceptors (Lipinski definition) is 10. The first kappa shape index (κ1) is 32.7. The lowest BCUT2D eigenvalue weighted by Gasteiger charge is -2.33. The molecular weight excluding hydrogens is 668 g/mol. The lowest BCUT2D eigenvalue weighted by atomic mass is 10.0. The van der Waals surface area contributed by atoms with E-state index in [1.165, 1.54) is 31.6 Å². The molecule has 51 heavy (non-hydrogen) atoms. The minimum Gasteiger partial charge on any atom is -0.378 e. The number of hydrazine groups is 1. The predicted molar refractivity (Wildman–Crippen MR) is 176 cm³/mol. The first-order valence-corrected chi connectivity index (χ1v) is 16.8. The summed E-state index contributed by atoms with van der Waals surface area (Å²) >= 11 is 0. The molecule has 3 saturated heterocycles. The Kier molecular flexibility index (Phi) is 8.55. The van der Waals surface area contributed by atoms with Crippen LogP contribution in [0, 0.1) is 0 Å². The van der Waals surface area contributed by atoms with E-state index in [2.05, 4.69) is 30.7 Å². The number of imide groups is 1. The predicted octanol–water partition coefficient (Wildman–Crippen LogP) is 2.60. The molecule has 2 N–H and O–H groups in total. The van der Waals surface area contributed by atoms with Gasteiger partial charge in [0.1, 0.15) is 11.4 Å². The summed E-state index contributed by atoms with van der Waals surface area (Å²) in [5.74, 6) is -0.584. The van der Waals surface area contributed by atoms with E-state index in [1.54, 1.807) is 12.3 Å². The highest BCUT2D eigenvalue weighted by molar-refractivity contribution is 6.08. The largest absolute Gasteiger partial charge is 0.378 e. The number of hydrogen-bond donors (Lipinski definition) is 2. The Balaban J connectivity index is 0.905. The van der Waals surface area contributed by atoms with Crippen molar-refractivity contribution in [3.8, 4) is 0 Å². The van der Waals surface area contributed by atoms with Gasteiger partial charge in [0.25, 0.3) is 18.2 Å². The summed E-state index contributed by atoms with van der Waals surface area (Å²) in [5.41, 5.74) is 2.24. The van der Waals surface area contributed by atoms with Crippen molar-refractivity contribution in [2.45, 2.75) is 44.8 Å². The van der Waals surface area contributed by atoms with E-state index in [-0.39, 0.29) is 48.6 Å². The van der Waals surface area contributed by atoms with Crippen molar-refractivity contribution < 1.29 is 32.7 Å². The van der Waals surface area contributed by atoms with Gasteiger partial charge in [0.15, 0.2) is 11.3 Å². The highest BCUT2D eigenvalue weighted by Crippen LogP contribution is 2.32. The molecule has 3 aromatic heterocycles. The molecule has 1 aromatic carbocycles. The SMILES string of the molecule is O=C1CCN(N2Cc3cc(CN4CCC(n5cc(NC(=O)c6cnn7ccc(N8CCOCC8)nc67)c(C(F)F)n5)CC4)ccc3C2=O)C(=O)N1. The molecule has 4 aliphatic heterocycles. The number of anilines is 2. The van der Waals surface area contributed by atoms with E-state index in [9.17, 15) is 28.0 Å². The summed E-state index contributed by atoms with van der Waals surface area (Å²) in [6.45, 7) is 4.84. The lowest BCUT2D eigenvalue weighted by Crippen LogP contribution is -2.56. The Hall–Kier alpha value is -5.49. The number of fused-ring (bicyclic) bond motifs is 2. The molecule has 3 fully saturated rings. The van der Waals surface area contributed by atoms with Gasteiger partial charge in [0, 0.05) is 57.1 Å². The number of morpholine rings is 1. The fraction of sp³-hybridized carbons (Fsp3) is 0.424. The number of amides is 5. The number of urea groups is 1. The Morgan fingerprint density at radius 3 is 2.61 bits per heavy atom. The lowest BCUT2D eigenvalue weighted by molar-refractivity contribution is -0.123. The summed E-state index contributed by atoms with van der Waals surface area (Å²) in [6, 6.07) is 6.68. The molecule has 16 nitrogen and oxygen atoms in total. The fourth-order valence-electron chi connectivity index (χ4n) is 7.07. The van der Waals surface area contributed by atoms with Gasteiger partial charge in [-0.05, 0) is 36.1 Å². The number of rotatable bonds is 8. The number of likely N-dealkylation sites (tertiary alicyclic amines) is 1. The molecule has 5 amide bonds. The second-order valence-electron chi connectivity index (χ2n) is 13.0. The monoisotopic (exact) mass is 703 g/mol. The van der Waals surface area contributed by atoms with Gasteiger partial charge in [-0.2, -0.15) is 10.2 Å². The van der Waals surface area contributed by atoms with Crippen LogP contribution in [0.15, 0.2) is 42.9 Å². The second-order valence-corrected chi connectivity index (χ2v) is 13.0. The topological polar surface area (TPSA) is 163 Å². The number of ether oxygens (including phenoxy) is 1. The third kappa shape index (κ3) is 6.35. The average molecular weight is 704 g/mol. The van der Waals surface area contributed by atoms with E-state index < -0.39 is 24.1 Å². The van der Waals surface area contributed by atoms with Gasteiger partial charge >= 0.3 is 6.03 Å². The maximum atomic E-state index is 14.2. The Morgan fingerprint density at radius 1 is 1.04 bits per heavy atom. The van der Waals surface area contributed by atoms with E-state index in [0.717, 1.165) is 11.1 Å². The van der Waals surface area contributed by atoms with Crippen LogP contribution in [-0.4, -0.2) is 109 Å². The summed E-state index contributed by atoms with van der Waals surface area (Å²) in [7, 11) is 0. The standard InChI is InChI=1S/C33H35F2N11O5/c34-29(35)28-25(37-31(48)24-16-36-43-9-5-26(38-30(24)43)42-11-13-51-14-12-42)19-44(40-28)22-3-7-41(8-4-22)17-20-1-2-23-21(15-20)18-46(32(23)49)45-10-6-27(47)39-33(45)50/h1-2,5,9,15-16,19,22,29H,3-4,6-8,10-14,17-18H2,(H,37,48)(H,39,47,50). The minimum absolute atomic E-state index is 0.0588. The van der Waals surface area contributed by atoms with Crippen molar-refractivity contribution in [3.63, 3.8) is 0 Å². The molecule has 4 aliphatic rings. The molecule has 0 bridgehead atoms. The molecule has 0 aliphatic carbocycles. The van der Waals surface area contributed by atoms with Gasteiger partial charge < -0.3 is 15.0 Å². The van der Waals surface area contributed by atoms with Crippen LogP contribution in [0.25, 0.3) is 5.65 Å². The summed E-state index contributed by atoms with van der Waals surface area (Å²) in [5, 5.41) is 16.0. The number of carbonyl (C=O) groups excluding carboxylic acids is 4. The minimum atomic E-state index is -2.90. The fourth-order valence-corrected chi connectivity index (χ4v) is 7.07. The number of nitrogens with one attached hydrogen (secondary N) is 2. The van der Waals surface area contributed by atoms with Crippen molar-refractivity contribution in [2.75, 3.05) is 56.2 Å². The van der Waals surface area contributed by atoms with Crippen molar-refractivity contribution in [1.82, 2.24) is 44.6 Å². The van der Waals surface area contributed by atoms with Crippen LogP contribution in [0.5, 0.6) is 0 Å². The van der Waals surface area contributed by atoms with E-state index in [1.807, 2.05) is 23.1 Å². The van der Waals surface area contributed by atoms with Crippen LogP contribution in [0.2, 0.25) is 0 Å². The number of alkyl halides is 2. The zero-order valence-electron chi connectivity index (χ0n) is 27.5. The molecule has 266 valence electrons.